The highest BCUT2D eigenvalue weighted by molar-refractivity contribution is 5.85. The minimum absolute atomic E-state index is 0.0123. The molecule has 1 heterocycles. The highest BCUT2D eigenvalue weighted by atomic mass is 16.6. The summed E-state index contributed by atoms with van der Waals surface area (Å²) >= 11 is 0. The van der Waals surface area contributed by atoms with Gasteiger partial charge in [0, 0.05) is 42.4 Å². The molecule has 0 bridgehead atoms. The van der Waals surface area contributed by atoms with Crippen LogP contribution in [0.3, 0.4) is 0 Å². The molecule has 0 aromatic heterocycles. The largest absolute Gasteiger partial charge is 0.494 e. The van der Waals surface area contributed by atoms with E-state index in [0.29, 0.717) is 30.1 Å². The van der Waals surface area contributed by atoms with Gasteiger partial charge in [-0.1, -0.05) is 6.08 Å². The number of ether oxygens (including phenoxy) is 1. The van der Waals surface area contributed by atoms with Crippen LogP contribution in [0.2, 0.25) is 0 Å². The highest BCUT2D eigenvalue weighted by Gasteiger charge is 2.32. The monoisotopic (exact) mass is 438 g/mol. The van der Waals surface area contributed by atoms with Crippen LogP contribution in [0.1, 0.15) is 39.2 Å². The van der Waals surface area contributed by atoms with Crippen molar-refractivity contribution in [3.8, 4) is 5.75 Å². The van der Waals surface area contributed by atoms with Crippen LogP contribution in [-0.4, -0.2) is 35.2 Å². The first-order chi connectivity index (χ1) is 15.1. The molecule has 32 heavy (non-hydrogen) atoms. The first kappa shape index (κ1) is 22.9. The van der Waals surface area contributed by atoms with Crippen LogP contribution >= 0.6 is 0 Å². The fourth-order valence-corrected chi connectivity index (χ4v) is 3.88. The van der Waals surface area contributed by atoms with Gasteiger partial charge in [-0.15, -0.1) is 5.11 Å². The molecule has 2 aromatic rings. The SMILES string of the molecule is COc1cc2c(cc1N=Nc1ccc([N+](=O)[O-])cc1)C(C)=CC(C)(C)N2CCCC(=O)O. The van der Waals surface area contributed by atoms with E-state index >= 15 is 0 Å². The number of benzene rings is 2. The molecule has 0 radical (unpaired) electrons. The number of aliphatic carboxylic acids is 1. The Kier molecular flexibility index (Phi) is 6.57. The lowest BCUT2D eigenvalue weighted by Gasteiger charge is -2.43. The van der Waals surface area contributed by atoms with Gasteiger partial charge in [-0.05, 0) is 51.0 Å². The molecule has 0 unspecified atom stereocenters. The predicted molar refractivity (Wildman–Crippen MR) is 122 cm³/mol. The van der Waals surface area contributed by atoms with Gasteiger partial charge in [-0.3, -0.25) is 14.9 Å². The quantitative estimate of drug-likeness (QED) is 0.312. The number of methoxy groups -OCH3 is 1. The Labute approximate surface area is 186 Å². The molecule has 1 N–H and O–H groups in total. The summed E-state index contributed by atoms with van der Waals surface area (Å²) in [6, 6.07) is 9.62. The summed E-state index contributed by atoms with van der Waals surface area (Å²) < 4.78 is 5.56. The Hall–Kier alpha value is -3.75. The zero-order valence-electron chi connectivity index (χ0n) is 18.5. The molecule has 3 rings (SSSR count). The van der Waals surface area contributed by atoms with Gasteiger partial charge in [0.15, 0.2) is 0 Å². The number of nitro groups is 1. The van der Waals surface area contributed by atoms with Crippen molar-refractivity contribution in [1.82, 2.24) is 0 Å². The molecule has 0 amide bonds. The number of non-ortho nitro benzene ring substituents is 1. The van der Waals surface area contributed by atoms with E-state index in [1.54, 1.807) is 7.11 Å². The van der Waals surface area contributed by atoms with Crippen LogP contribution in [-0.2, 0) is 4.79 Å². The zero-order valence-corrected chi connectivity index (χ0v) is 18.5. The molecule has 0 atom stereocenters. The Morgan fingerprint density at radius 3 is 2.50 bits per heavy atom. The lowest BCUT2D eigenvalue weighted by molar-refractivity contribution is -0.384. The smallest absolute Gasteiger partial charge is 0.303 e. The average Bonchev–Trinajstić information content (AvgIpc) is 2.73. The van der Waals surface area contributed by atoms with Crippen LogP contribution in [0.25, 0.3) is 5.57 Å². The summed E-state index contributed by atoms with van der Waals surface area (Å²) in [6.07, 6.45) is 2.78. The number of nitro benzene ring substituents is 1. The molecule has 0 fully saturated rings. The Morgan fingerprint density at radius 1 is 1.22 bits per heavy atom. The molecule has 0 spiro atoms. The summed E-state index contributed by atoms with van der Waals surface area (Å²) in [7, 11) is 1.55. The van der Waals surface area contributed by atoms with Crippen LogP contribution < -0.4 is 9.64 Å². The van der Waals surface area contributed by atoms with Crippen LogP contribution in [0.4, 0.5) is 22.7 Å². The lowest BCUT2D eigenvalue weighted by atomic mass is 9.88. The molecule has 0 saturated heterocycles. The number of carboxylic acid groups (broad SMARTS) is 1. The van der Waals surface area contributed by atoms with Crippen molar-refractivity contribution in [2.45, 2.75) is 39.2 Å². The molecule has 168 valence electrons. The van der Waals surface area contributed by atoms with Gasteiger partial charge in [-0.2, -0.15) is 5.11 Å². The Morgan fingerprint density at radius 2 is 1.91 bits per heavy atom. The van der Waals surface area contributed by atoms with Crippen molar-refractivity contribution in [3.05, 3.63) is 58.2 Å². The third-order valence-electron chi connectivity index (χ3n) is 5.38. The number of anilines is 1. The minimum Gasteiger partial charge on any atom is -0.494 e. The normalized spacial score (nSPS) is 14.8. The fourth-order valence-electron chi connectivity index (χ4n) is 3.88. The van der Waals surface area contributed by atoms with Gasteiger partial charge in [-0.25, -0.2) is 0 Å². The second-order valence-electron chi connectivity index (χ2n) is 8.14. The maximum absolute atomic E-state index is 11.0. The van der Waals surface area contributed by atoms with E-state index in [4.69, 9.17) is 9.84 Å². The molecule has 0 aliphatic carbocycles. The average molecular weight is 438 g/mol. The summed E-state index contributed by atoms with van der Waals surface area (Å²) in [6.45, 7) is 6.80. The number of fused-ring (bicyclic) bond motifs is 1. The molecule has 2 aromatic carbocycles. The molecule has 1 aliphatic rings. The van der Waals surface area contributed by atoms with Crippen LogP contribution in [0.5, 0.6) is 5.75 Å². The molecular formula is C23H26N4O5. The van der Waals surface area contributed by atoms with Crippen LogP contribution in [0, 0.1) is 10.1 Å². The third kappa shape index (κ3) is 4.93. The number of rotatable bonds is 8. The van der Waals surface area contributed by atoms with E-state index < -0.39 is 10.9 Å². The Balaban J connectivity index is 1.96. The number of hydrogen-bond donors (Lipinski definition) is 1. The highest BCUT2D eigenvalue weighted by Crippen LogP contribution is 2.45. The van der Waals surface area contributed by atoms with Gasteiger partial charge >= 0.3 is 5.97 Å². The Bertz CT molecular complexity index is 1090. The topological polar surface area (TPSA) is 118 Å². The predicted octanol–water partition coefficient (Wildman–Crippen LogP) is 5.89. The van der Waals surface area contributed by atoms with Crippen molar-refractivity contribution in [2.24, 2.45) is 10.2 Å². The number of azo groups is 1. The molecule has 0 saturated carbocycles. The van der Waals surface area contributed by atoms with E-state index in [0.717, 1.165) is 16.8 Å². The van der Waals surface area contributed by atoms with E-state index in [2.05, 4.69) is 35.1 Å². The maximum atomic E-state index is 11.0. The summed E-state index contributed by atoms with van der Waals surface area (Å²) in [5.74, 6) is -0.283. The molecule has 9 heteroatoms. The van der Waals surface area contributed by atoms with Gasteiger partial charge < -0.3 is 14.7 Å². The second-order valence-corrected chi connectivity index (χ2v) is 8.14. The number of nitrogens with zero attached hydrogens (tertiary/aromatic N) is 4. The van der Waals surface area contributed by atoms with E-state index in [1.165, 1.54) is 24.3 Å². The van der Waals surface area contributed by atoms with E-state index in [9.17, 15) is 14.9 Å². The van der Waals surface area contributed by atoms with Crippen molar-refractivity contribution < 1.29 is 19.6 Å². The lowest BCUT2D eigenvalue weighted by Crippen LogP contribution is -2.45. The number of carboxylic acids is 1. The van der Waals surface area contributed by atoms with Crippen molar-refractivity contribution in [1.29, 1.82) is 0 Å². The number of carbonyl (C=O) groups is 1. The van der Waals surface area contributed by atoms with Crippen molar-refractivity contribution in [2.75, 3.05) is 18.6 Å². The zero-order chi connectivity index (χ0) is 23.5. The number of hydrogen-bond acceptors (Lipinski definition) is 7. The third-order valence-corrected chi connectivity index (χ3v) is 5.38. The van der Waals surface area contributed by atoms with E-state index in [1.807, 2.05) is 19.1 Å². The summed E-state index contributed by atoms with van der Waals surface area (Å²) in [5, 5.41) is 28.3. The molecule has 1 aliphatic heterocycles. The fraction of sp³-hybridized carbons (Fsp3) is 0.348. The van der Waals surface area contributed by atoms with Crippen molar-refractivity contribution >= 4 is 34.3 Å². The molecular weight excluding hydrogens is 412 g/mol. The summed E-state index contributed by atoms with van der Waals surface area (Å²) in [5.41, 5.74) is 3.71. The standard InChI is InChI=1S/C23H26N4O5/c1-15-14-23(2,3)26(11-5-6-22(28)29)20-13-21(32-4)19(12-18(15)20)25-24-16-7-9-17(10-8-16)27(30)31/h7-10,12-14H,5-6,11H2,1-4H3,(H,28,29). The molecule has 9 nitrogen and oxygen atoms in total. The summed E-state index contributed by atoms with van der Waals surface area (Å²) in [4.78, 5) is 23.5. The van der Waals surface area contributed by atoms with E-state index in [-0.39, 0.29) is 17.6 Å². The second kappa shape index (κ2) is 9.17. The minimum atomic E-state index is -0.814. The van der Waals surface area contributed by atoms with Gasteiger partial charge in [0.1, 0.15) is 11.4 Å². The van der Waals surface area contributed by atoms with Gasteiger partial charge in [0.05, 0.1) is 23.3 Å². The first-order valence-electron chi connectivity index (χ1n) is 10.2. The number of allylic oxidation sites excluding steroid dienone is 1. The van der Waals surface area contributed by atoms with Gasteiger partial charge in [0.25, 0.3) is 5.69 Å². The first-order valence-corrected chi connectivity index (χ1v) is 10.2. The van der Waals surface area contributed by atoms with Crippen LogP contribution in [0.15, 0.2) is 52.7 Å². The maximum Gasteiger partial charge on any atom is 0.303 e. The van der Waals surface area contributed by atoms with Gasteiger partial charge in [0.2, 0.25) is 0 Å². The van der Waals surface area contributed by atoms with Crippen molar-refractivity contribution in [3.63, 3.8) is 0 Å².